The molecule has 0 fully saturated rings. The highest BCUT2D eigenvalue weighted by atomic mass is 16.5. The summed E-state index contributed by atoms with van der Waals surface area (Å²) in [5.41, 5.74) is 5.12. The molecule has 0 bridgehead atoms. The maximum atomic E-state index is 13.1. The third kappa shape index (κ3) is 3.32. The molecular weight excluding hydrogens is 402 g/mol. The minimum Gasteiger partial charge on any atom is -0.452 e. The Balaban J connectivity index is 1.57. The molecule has 0 aliphatic carbocycles. The van der Waals surface area contributed by atoms with Crippen LogP contribution in [0, 0.1) is 0 Å². The van der Waals surface area contributed by atoms with E-state index >= 15 is 0 Å². The van der Waals surface area contributed by atoms with Crippen molar-refractivity contribution in [3.63, 3.8) is 0 Å². The average Bonchev–Trinajstić information content (AvgIpc) is 3.31. The van der Waals surface area contributed by atoms with Crippen LogP contribution >= 0.6 is 0 Å². The molecule has 0 spiro atoms. The molecule has 4 aromatic rings. The highest BCUT2D eigenvalue weighted by Gasteiger charge is 2.28. The number of aryl methyl sites for hydroxylation is 1. The number of fused-ring (bicyclic) bond motifs is 2. The van der Waals surface area contributed by atoms with E-state index < -0.39 is 0 Å². The summed E-state index contributed by atoms with van der Waals surface area (Å²) >= 11 is 0. The van der Waals surface area contributed by atoms with Crippen LogP contribution in [0.1, 0.15) is 15.9 Å². The van der Waals surface area contributed by atoms with E-state index in [0.29, 0.717) is 17.0 Å². The van der Waals surface area contributed by atoms with Crippen molar-refractivity contribution < 1.29 is 14.3 Å². The molecule has 0 unspecified atom stereocenters. The number of hydrogen-bond donors (Lipinski definition) is 2. The first-order valence-corrected chi connectivity index (χ1v) is 10.3. The number of urea groups is 1. The van der Waals surface area contributed by atoms with Gasteiger partial charge in [0.1, 0.15) is 5.75 Å². The fourth-order valence-corrected chi connectivity index (χ4v) is 4.05. The second kappa shape index (κ2) is 7.74. The van der Waals surface area contributed by atoms with E-state index in [4.69, 9.17) is 4.74 Å². The van der Waals surface area contributed by atoms with Gasteiger partial charge in [-0.2, -0.15) is 0 Å². The number of benzene rings is 3. The molecule has 1 aromatic heterocycles. The number of ether oxygens (including phenoxy) is 1. The van der Waals surface area contributed by atoms with E-state index in [1.54, 1.807) is 24.3 Å². The number of allylic oxidation sites excluding steroid dienone is 1. The number of anilines is 1. The van der Waals surface area contributed by atoms with Crippen LogP contribution in [0.4, 0.5) is 10.5 Å². The molecule has 6 heteroatoms. The van der Waals surface area contributed by atoms with E-state index in [1.165, 1.54) is 7.05 Å². The SMILES string of the molecule is CNC(=O)Nc1ccc2c(c1)C(=O)/C(=C/c1cn(C)c3cccc(-c4ccccc4)c13)O2. The van der Waals surface area contributed by atoms with Gasteiger partial charge < -0.3 is 19.9 Å². The maximum Gasteiger partial charge on any atom is 0.318 e. The molecule has 0 atom stereocenters. The Bertz CT molecular complexity index is 1400. The van der Waals surface area contributed by atoms with Gasteiger partial charge >= 0.3 is 6.03 Å². The number of nitrogens with one attached hydrogen (secondary N) is 2. The number of rotatable bonds is 3. The van der Waals surface area contributed by atoms with E-state index in [-0.39, 0.29) is 17.6 Å². The van der Waals surface area contributed by atoms with Crippen LogP contribution in [0.5, 0.6) is 5.75 Å². The minimum atomic E-state index is -0.351. The molecule has 0 saturated carbocycles. The number of carbonyl (C=O) groups is 2. The number of hydrogen-bond acceptors (Lipinski definition) is 3. The topological polar surface area (TPSA) is 72.4 Å². The molecule has 5 rings (SSSR count). The minimum absolute atomic E-state index is 0.213. The molecule has 2 amide bonds. The Labute approximate surface area is 185 Å². The molecule has 0 radical (unpaired) electrons. The summed E-state index contributed by atoms with van der Waals surface area (Å²) in [5, 5.41) is 6.23. The standard InChI is InChI=1S/C26H21N3O3/c1-27-26(31)28-18-11-12-22-20(14-18)25(30)23(32-22)13-17-15-29(2)21-10-6-9-19(24(17)21)16-7-4-3-5-8-16/h3-15H,1-2H3,(H2,27,28,31)/b23-13-. The lowest BCUT2D eigenvalue weighted by atomic mass is 9.98. The second-order valence-electron chi connectivity index (χ2n) is 7.62. The van der Waals surface area contributed by atoms with Gasteiger partial charge in [-0.3, -0.25) is 4.79 Å². The number of amides is 2. The first-order chi connectivity index (χ1) is 15.5. The quantitative estimate of drug-likeness (QED) is 0.444. The Hall–Kier alpha value is -4.32. The third-order valence-corrected chi connectivity index (χ3v) is 5.57. The molecule has 6 nitrogen and oxygen atoms in total. The Morgan fingerprint density at radius 3 is 2.59 bits per heavy atom. The van der Waals surface area contributed by atoms with E-state index in [0.717, 1.165) is 27.6 Å². The van der Waals surface area contributed by atoms with Gasteiger partial charge in [-0.15, -0.1) is 0 Å². The highest BCUT2D eigenvalue weighted by molar-refractivity contribution is 6.16. The lowest BCUT2D eigenvalue weighted by Crippen LogP contribution is -2.24. The molecule has 158 valence electrons. The van der Waals surface area contributed by atoms with Gasteiger partial charge in [-0.1, -0.05) is 42.5 Å². The maximum absolute atomic E-state index is 13.1. The number of ketones is 1. The zero-order valence-electron chi connectivity index (χ0n) is 17.7. The summed E-state index contributed by atoms with van der Waals surface area (Å²) in [6.07, 6.45) is 3.80. The van der Waals surface area contributed by atoms with Crippen molar-refractivity contribution in [3.05, 3.63) is 89.8 Å². The smallest absolute Gasteiger partial charge is 0.318 e. The zero-order chi connectivity index (χ0) is 22.2. The van der Waals surface area contributed by atoms with Crippen molar-refractivity contribution in [1.82, 2.24) is 9.88 Å². The molecule has 0 saturated heterocycles. The lowest BCUT2D eigenvalue weighted by Gasteiger charge is -2.06. The van der Waals surface area contributed by atoms with Crippen molar-refractivity contribution in [2.45, 2.75) is 0 Å². The molecule has 1 aliphatic heterocycles. The van der Waals surface area contributed by atoms with Crippen LogP contribution in [0.2, 0.25) is 0 Å². The van der Waals surface area contributed by atoms with Crippen LogP contribution in [-0.2, 0) is 7.05 Å². The van der Waals surface area contributed by atoms with E-state index in [2.05, 4.69) is 34.9 Å². The van der Waals surface area contributed by atoms with Crippen molar-refractivity contribution in [3.8, 4) is 16.9 Å². The summed E-state index contributed by atoms with van der Waals surface area (Å²) in [6, 6.07) is 21.0. The van der Waals surface area contributed by atoms with Gasteiger partial charge in [0.05, 0.1) is 5.56 Å². The molecule has 3 aromatic carbocycles. The summed E-state index contributed by atoms with van der Waals surface area (Å²) in [5.74, 6) is 0.523. The number of Topliss-reactive ketones (excluding diaryl/α,β-unsaturated/α-hetero) is 1. The summed E-state index contributed by atoms with van der Waals surface area (Å²) in [6.45, 7) is 0. The van der Waals surface area contributed by atoms with E-state index in [1.807, 2.05) is 42.1 Å². The molecule has 2 heterocycles. The average molecular weight is 423 g/mol. The molecule has 32 heavy (non-hydrogen) atoms. The summed E-state index contributed by atoms with van der Waals surface area (Å²) in [7, 11) is 3.52. The predicted octanol–water partition coefficient (Wildman–Crippen LogP) is 5.21. The Kier molecular flexibility index (Phi) is 4.75. The van der Waals surface area contributed by atoms with Crippen LogP contribution in [-0.4, -0.2) is 23.4 Å². The van der Waals surface area contributed by atoms with Gasteiger partial charge in [0, 0.05) is 42.4 Å². The predicted molar refractivity (Wildman–Crippen MR) is 126 cm³/mol. The first-order valence-electron chi connectivity index (χ1n) is 10.3. The van der Waals surface area contributed by atoms with Gasteiger partial charge in [0.25, 0.3) is 0 Å². The monoisotopic (exact) mass is 423 g/mol. The van der Waals surface area contributed by atoms with Crippen LogP contribution in [0.3, 0.4) is 0 Å². The van der Waals surface area contributed by atoms with Gasteiger partial charge in [0.2, 0.25) is 5.78 Å². The van der Waals surface area contributed by atoms with Crippen molar-refractivity contribution >= 4 is 34.5 Å². The summed E-state index contributed by atoms with van der Waals surface area (Å²) in [4.78, 5) is 24.7. The summed E-state index contributed by atoms with van der Waals surface area (Å²) < 4.78 is 7.93. The largest absolute Gasteiger partial charge is 0.452 e. The first kappa shape index (κ1) is 19.6. The zero-order valence-corrected chi connectivity index (χ0v) is 17.7. The number of aromatic nitrogens is 1. The molecular formula is C26H21N3O3. The molecule has 2 N–H and O–H groups in total. The lowest BCUT2D eigenvalue weighted by molar-refractivity contribution is 0.101. The fraction of sp³-hybridized carbons (Fsp3) is 0.0769. The fourth-order valence-electron chi connectivity index (χ4n) is 4.05. The van der Waals surface area contributed by atoms with Crippen LogP contribution in [0.15, 0.2) is 78.7 Å². The van der Waals surface area contributed by atoms with Gasteiger partial charge in [-0.25, -0.2) is 4.79 Å². The Morgan fingerprint density at radius 2 is 1.81 bits per heavy atom. The van der Waals surface area contributed by atoms with Crippen molar-refractivity contribution in [2.75, 3.05) is 12.4 Å². The van der Waals surface area contributed by atoms with Crippen LogP contribution < -0.4 is 15.4 Å². The van der Waals surface area contributed by atoms with Crippen LogP contribution in [0.25, 0.3) is 28.1 Å². The van der Waals surface area contributed by atoms with Crippen molar-refractivity contribution in [2.24, 2.45) is 7.05 Å². The highest BCUT2D eigenvalue weighted by Crippen LogP contribution is 2.37. The van der Waals surface area contributed by atoms with Gasteiger partial charge in [0.15, 0.2) is 5.76 Å². The second-order valence-corrected chi connectivity index (χ2v) is 7.62. The number of nitrogens with zero attached hydrogens (tertiary/aromatic N) is 1. The Morgan fingerprint density at radius 1 is 1.00 bits per heavy atom. The third-order valence-electron chi connectivity index (χ3n) is 5.57. The van der Waals surface area contributed by atoms with E-state index in [9.17, 15) is 9.59 Å². The van der Waals surface area contributed by atoms with Crippen molar-refractivity contribution in [1.29, 1.82) is 0 Å². The van der Waals surface area contributed by atoms with Gasteiger partial charge in [-0.05, 0) is 41.5 Å². The number of carbonyl (C=O) groups excluding carboxylic acids is 2. The normalized spacial score (nSPS) is 13.8. The molecule has 1 aliphatic rings.